The van der Waals surface area contributed by atoms with Crippen LogP contribution in [-0.2, 0) is 0 Å². The van der Waals surface area contributed by atoms with E-state index in [1.807, 2.05) is 30.3 Å². The molecule has 0 aliphatic rings. The lowest BCUT2D eigenvalue weighted by Gasteiger charge is -2.01. The number of hydrogen-bond acceptors (Lipinski definition) is 3. The van der Waals surface area contributed by atoms with E-state index in [2.05, 4.69) is 9.97 Å². The quantitative estimate of drug-likeness (QED) is 0.700. The van der Waals surface area contributed by atoms with Gasteiger partial charge in [0.25, 0.3) is 5.56 Å². The summed E-state index contributed by atoms with van der Waals surface area (Å²) in [7, 11) is 0. The molecule has 0 saturated carbocycles. The van der Waals surface area contributed by atoms with Gasteiger partial charge < -0.3 is 10.7 Å². The lowest BCUT2D eigenvalue weighted by Crippen LogP contribution is -2.13. The Balaban J connectivity index is 2.64. The maximum Gasteiger partial charge on any atom is 0.274 e. The normalized spacial score (nSPS) is 10.0. The summed E-state index contributed by atoms with van der Waals surface area (Å²) in [6.45, 7) is 0. The van der Waals surface area contributed by atoms with Crippen molar-refractivity contribution in [3.05, 3.63) is 47.0 Å². The molecule has 14 heavy (non-hydrogen) atoms. The van der Waals surface area contributed by atoms with Gasteiger partial charge in [0.2, 0.25) is 0 Å². The highest BCUT2D eigenvalue weighted by molar-refractivity contribution is 5.71. The minimum atomic E-state index is -0.307. The van der Waals surface area contributed by atoms with Crippen LogP contribution in [0.2, 0.25) is 0 Å². The summed E-state index contributed by atoms with van der Waals surface area (Å²) in [5, 5.41) is 0. The van der Waals surface area contributed by atoms with Crippen molar-refractivity contribution in [1.82, 2.24) is 9.97 Å². The molecule has 4 nitrogen and oxygen atoms in total. The molecule has 2 aromatic rings. The average molecular weight is 187 g/mol. The number of nitrogen functional groups attached to an aromatic ring is 1. The zero-order chi connectivity index (χ0) is 9.97. The molecule has 0 bridgehead atoms. The number of benzene rings is 1. The Hall–Kier alpha value is -2.10. The van der Waals surface area contributed by atoms with Gasteiger partial charge in [-0.3, -0.25) is 4.79 Å². The van der Waals surface area contributed by atoms with Gasteiger partial charge in [-0.1, -0.05) is 30.3 Å². The van der Waals surface area contributed by atoms with Crippen LogP contribution in [-0.4, -0.2) is 9.97 Å². The topological polar surface area (TPSA) is 71.8 Å². The molecule has 0 aliphatic carbocycles. The van der Waals surface area contributed by atoms with E-state index < -0.39 is 0 Å². The van der Waals surface area contributed by atoms with Crippen molar-refractivity contribution in [3.8, 4) is 11.3 Å². The van der Waals surface area contributed by atoms with Crippen molar-refractivity contribution in [1.29, 1.82) is 0 Å². The summed E-state index contributed by atoms with van der Waals surface area (Å²) in [5.41, 5.74) is 6.82. The molecule has 0 unspecified atom stereocenters. The molecule has 3 N–H and O–H groups in total. The SMILES string of the molecule is Nc1c(-c2ccccc2)nc[nH]c1=O. The third-order valence-corrected chi connectivity index (χ3v) is 1.94. The first-order valence-corrected chi connectivity index (χ1v) is 4.17. The van der Waals surface area contributed by atoms with Gasteiger partial charge in [-0.15, -0.1) is 0 Å². The predicted octanol–water partition coefficient (Wildman–Crippen LogP) is 1.02. The monoisotopic (exact) mass is 187 g/mol. The van der Waals surface area contributed by atoms with E-state index in [1.54, 1.807) is 0 Å². The summed E-state index contributed by atoms with van der Waals surface area (Å²) < 4.78 is 0. The fraction of sp³-hybridized carbons (Fsp3) is 0. The molecule has 0 aliphatic heterocycles. The minimum absolute atomic E-state index is 0.152. The van der Waals surface area contributed by atoms with E-state index >= 15 is 0 Å². The van der Waals surface area contributed by atoms with Crippen molar-refractivity contribution in [2.45, 2.75) is 0 Å². The second-order valence-electron chi connectivity index (χ2n) is 2.86. The van der Waals surface area contributed by atoms with Gasteiger partial charge in [0.05, 0.1) is 6.33 Å². The lowest BCUT2D eigenvalue weighted by atomic mass is 10.1. The van der Waals surface area contributed by atoms with Crippen LogP contribution in [0.1, 0.15) is 0 Å². The predicted molar refractivity (Wildman–Crippen MR) is 54.7 cm³/mol. The minimum Gasteiger partial charge on any atom is -0.392 e. The maximum atomic E-state index is 11.2. The largest absolute Gasteiger partial charge is 0.392 e. The Morgan fingerprint density at radius 3 is 2.64 bits per heavy atom. The van der Waals surface area contributed by atoms with Gasteiger partial charge in [0, 0.05) is 5.56 Å². The molecule has 1 heterocycles. The fourth-order valence-corrected chi connectivity index (χ4v) is 1.24. The third kappa shape index (κ3) is 1.37. The van der Waals surface area contributed by atoms with E-state index in [0.29, 0.717) is 5.69 Å². The smallest absolute Gasteiger partial charge is 0.274 e. The van der Waals surface area contributed by atoms with Crippen LogP contribution >= 0.6 is 0 Å². The van der Waals surface area contributed by atoms with Crippen LogP contribution in [0.25, 0.3) is 11.3 Å². The van der Waals surface area contributed by atoms with Crippen LogP contribution in [0.15, 0.2) is 41.5 Å². The number of rotatable bonds is 1. The van der Waals surface area contributed by atoms with E-state index in [0.717, 1.165) is 5.56 Å². The number of nitrogens with zero attached hydrogens (tertiary/aromatic N) is 1. The standard InChI is InChI=1S/C10H9N3O/c11-8-9(12-6-13-10(8)14)7-4-2-1-3-5-7/h1-6H,11H2,(H,12,13,14). The Morgan fingerprint density at radius 1 is 1.21 bits per heavy atom. The van der Waals surface area contributed by atoms with E-state index in [1.165, 1.54) is 6.33 Å². The van der Waals surface area contributed by atoms with Crippen LogP contribution in [0.3, 0.4) is 0 Å². The maximum absolute atomic E-state index is 11.2. The first kappa shape index (κ1) is 8.50. The Morgan fingerprint density at radius 2 is 1.93 bits per heavy atom. The first-order chi connectivity index (χ1) is 6.79. The number of H-pyrrole nitrogens is 1. The van der Waals surface area contributed by atoms with Crippen molar-refractivity contribution < 1.29 is 0 Å². The molecule has 2 rings (SSSR count). The van der Waals surface area contributed by atoms with Crippen molar-refractivity contribution in [2.75, 3.05) is 5.73 Å². The van der Waals surface area contributed by atoms with Crippen LogP contribution in [0.4, 0.5) is 5.69 Å². The summed E-state index contributed by atoms with van der Waals surface area (Å²) >= 11 is 0. The van der Waals surface area contributed by atoms with E-state index in [4.69, 9.17) is 5.73 Å². The molecule has 0 fully saturated rings. The highest BCUT2D eigenvalue weighted by atomic mass is 16.1. The highest BCUT2D eigenvalue weighted by Gasteiger charge is 2.05. The van der Waals surface area contributed by atoms with Crippen LogP contribution in [0, 0.1) is 0 Å². The Bertz CT molecular complexity index is 490. The average Bonchev–Trinajstić information content (AvgIpc) is 2.23. The number of nitrogens with two attached hydrogens (primary N) is 1. The lowest BCUT2D eigenvalue weighted by molar-refractivity contribution is 1.13. The third-order valence-electron chi connectivity index (χ3n) is 1.94. The molecular weight excluding hydrogens is 178 g/mol. The van der Waals surface area contributed by atoms with Gasteiger partial charge in [-0.25, -0.2) is 4.98 Å². The van der Waals surface area contributed by atoms with Crippen molar-refractivity contribution >= 4 is 5.69 Å². The van der Waals surface area contributed by atoms with Crippen molar-refractivity contribution in [3.63, 3.8) is 0 Å². The van der Waals surface area contributed by atoms with Crippen LogP contribution < -0.4 is 11.3 Å². The van der Waals surface area contributed by atoms with Gasteiger partial charge in [0.1, 0.15) is 11.4 Å². The molecular formula is C10H9N3O. The second kappa shape index (κ2) is 3.33. The number of hydrogen-bond donors (Lipinski definition) is 2. The Kier molecular flexibility index (Phi) is 2.02. The number of aromatic nitrogens is 2. The van der Waals surface area contributed by atoms with Gasteiger partial charge in [-0.2, -0.15) is 0 Å². The molecule has 1 aromatic carbocycles. The zero-order valence-corrected chi connectivity index (χ0v) is 7.40. The van der Waals surface area contributed by atoms with Crippen molar-refractivity contribution in [2.24, 2.45) is 0 Å². The summed E-state index contributed by atoms with van der Waals surface area (Å²) in [5.74, 6) is 0. The second-order valence-corrected chi connectivity index (χ2v) is 2.86. The van der Waals surface area contributed by atoms with Crippen LogP contribution in [0.5, 0.6) is 0 Å². The molecule has 1 aromatic heterocycles. The number of anilines is 1. The highest BCUT2D eigenvalue weighted by Crippen LogP contribution is 2.18. The van der Waals surface area contributed by atoms with E-state index in [9.17, 15) is 4.79 Å². The molecule has 4 heteroatoms. The van der Waals surface area contributed by atoms with Gasteiger partial charge >= 0.3 is 0 Å². The number of nitrogens with one attached hydrogen (secondary N) is 1. The van der Waals surface area contributed by atoms with E-state index in [-0.39, 0.29) is 11.2 Å². The zero-order valence-electron chi connectivity index (χ0n) is 7.40. The fourth-order valence-electron chi connectivity index (χ4n) is 1.24. The molecule has 0 atom stereocenters. The summed E-state index contributed by atoms with van der Waals surface area (Å²) in [4.78, 5) is 17.6. The first-order valence-electron chi connectivity index (χ1n) is 4.17. The molecule has 70 valence electrons. The molecule has 0 amide bonds. The van der Waals surface area contributed by atoms with Gasteiger partial charge in [0.15, 0.2) is 0 Å². The molecule has 0 spiro atoms. The molecule has 0 radical (unpaired) electrons. The summed E-state index contributed by atoms with van der Waals surface area (Å²) in [6.07, 6.45) is 1.35. The number of aromatic amines is 1. The molecule has 0 saturated heterocycles. The van der Waals surface area contributed by atoms with Gasteiger partial charge in [-0.05, 0) is 0 Å². The summed E-state index contributed by atoms with van der Waals surface area (Å²) in [6, 6.07) is 9.36. The Labute approximate surface area is 80.4 Å².